The number of rotatable bonds is 5. The minimum Gasteiger partial charge on any atom is -0.358 e. The lowest BCUT2D eigenvalue weighted by molar-refractivity contribution is 0.0699. The molecule has 2 amide bonds. The van der Waals surface area contributed by atoms with Crippen LogP contribution in [0.25, 0.3) is 0 Å². The number of carbonyl (C=O) groups excluding carboxylic acids is 1. The molecule has 138 valence electrons. The Hall–Kier alpha value is -2.09. The Morgan fingerprint density at radius 3 is 2.64 bits per heavy atom. The van der Waals surface area contributed by atoms with Crippen molar-refractivity contribution in [3.8, 4) is 5.75 Å². The SMILES string of the molecule is C=CCC1N(C(=O)Nc2ccc(OS(=O)(=O)F)cc2)CCCC1(C)C. The van der Waals surface area contributed by atoms with E-state index in [9.17, 15) is 17.1 Å². The van der Waals surface area contributed by atoms with E-state index in [1.165, 1.54) is 24.3 Å². The van der Waals surface area contributed by atoms with Crippen molar-refractivity contribution in [1.29, 1.82) is 0 Å². The van der Waals surface area contributed by atoms with E-state index >= 15 is 0 Å². The largest absolute Gasteiger partial charge is 0.488 e. The van der Waals surface area contributed by atoms with Crippen LogP contribution in [0.4, 0.5) is 14.4 Å². The molecule has 6 nitrogen and oxygen atoms in total. The number of hydrogen-bond donors (Lipinski definition) is 1. The number of anilines is 1. The van der Waals surface area contributed by atoms with E-state index < -0.39 is 10.5 Å². The molecule has 1 aliphatic heterocycles. The molecule has 0 saturated carbocycles. The molecule has 8 heteroatoms. The van der Waals surface area contributed by atoms with Crippen molar-refractivity contribution < 1.29 is 21.3 Å². The lowest BCUT2D eigenvalue weighted by atomic mass is 9.75. The molecule has 1 atom stereocenters. The highest BCUT2D eigenvalue weighted by molar-refractivity contribution is 7.81. The summed E-state index contributed by atoms with van der Waals surface area (Å²) in [5.41, 5.74) is 0.464. The average Bonchev–Trinajstić information content (AvgIpc) is 2.49. The van der Waals surface area contributed by atoms with Crippen LogP contribution in [0.3, 0.4) is 0 Å². The number of halogens is 1. The van der Waals surface area contributed by atoms with Crippen LogP contribution in [0.5, 0.6) is 5.75 Å². The maximum Gasteiger partial charge on any atom is 0.488 e. The van der Waals surface area contributed by atoms with Crippen molar-refractivity contribution in [1.82, 2.24) is 4.90 Å². The van der Waals surface area contributed by atoms with Crippen molar-refractivity contribution in [3.63, 3.8) is 0 Å². The second-order valence-electron chi connectivity index (χ2n) is 6.76. The predicted molar refractivity (Wildman–Crippen MR) is 94.4 cm³/mol. The summed E-state index contributed by atoms with van der Waals surface area (Å²) in [5, 5.41) is 2.78. The third-order valence-electron chi connectivity index (χ3n) is 4.45. The number of piperidine rings is 1. The monoisotopic (exact) mass is 370 g/mol. The minimum absolute atomic E-state index is 0.00301. The summed E-state index contributed by atoms with van der Waals surface area (Å²) in [6, 6.07) is 5.28. The van der Waals surface area contributed by atoms with Crippen LogP contribution in [-0.2, 0) is 10.5 Å². The number of carbonyl (C=O) groups is 1. The van der Waals surface area contributed by atoms with Crippen molar-refractivity contribution >= 4 is 22.2 Å². The summed E-state index contributed by atoms with van der Waals surface area (Å²) in [5.74, 6) is -0.163. The van der Waals surface area contributed by atoms with E-state index in [-0.39, 0.29) is 23.2 Å². The van der Waals surface area contributed by atoms with E-state index in [0.29, 0.717) is 18.7 Å². The van der Waals surface area contributed by atoms with Crippen LogP contribution >= 0.6 is 0 Å². The first kappa shape index (κ1) is 19.2. The fourth-order valence-electron chi connectivity index (χ4n) is 3.20. The van der Waals surface area contributed by atoms with Gasteiger partial charge in [0, 0.05) is 18.3 Å². The molecule has 0 aromatic heterocycles. The van der Waals surface area contributed by atoms with Crippen LogP contribution in [0, 0.1) is 5.41 Å². The second kappa shape index (κ2) is 7.43. The van der Waals surface area contributed by atoms with Crippen molar-refractivity contribution in [2.45, 2.75) is 39.2 Å². The average molecular weight is 370 g/mol. The van der Waals surface area contributed by atoms with Crippen molar-refractivity contribution in [2.24, 2.45) is 5.41 Å². The Balaban J connectivity index is 2.08. The van der Waals surface area contributed by atoms with E-state index in [1.807, 2.05) is 11.0 Å². The fourth-order valence-corrected chi connectivity index (χ4v) is 3.54. The van der Waals surface area contributed by atoms with Gasteiger partial charge >= 0.3 is 16.5 Å². The lowest BCUT2D eigenvalue weighted by Crippen LogP contribution is -2.53. The molecule has 1 aliphatic rings. The zero-order valence-corrected chi connectivity index (χ0v) is 15.2. The number of urea groups is 1. The molecular weight excluding hydrogens is 347 g/mol. The molecule has 1 N–H and O–H groups in total. The van der Waals surface area contributed by atoms with Crippen LogP contribution in [0.15, 0.2) is 36.9 Å². The molecule has 0 bridgehead atoms. The van der Waals surface area contributed by atoms with Crippen LogP contribution < -0.4 is 9.50 Å². The maximum absolute atomic E-state index is 12.6. The number of likely N-dealkylation sites (tertiary alicyclic amines) is 1. The Kier molecular flexibility index (Phi) is 5.72. The number of hydrogen-bond acceptors (Lipinski definition) is 4. The van der Waals surface area contributed by atoms with Gasteiger partial charge in [0.1, 0.15) is 5.75 Å². The zero-order valence-electron chi connectivity index (χ0n) is 14.4. The molecule has 2 rings (SSSR count). The van der Waals surface area contributed by atoms with E-state index in [1.54, 1.807) is 0 Å². The molecule has 1 fully saturated rings. The van der Waals surface area contributed by atoms with Crippen LogP contribution in [0.1, 0.15) is 33.1 Å². The van der Waals surface area contributed by atoms with Gasteiger partial charge in [0.05, 0.1) is 0 Å². The molecule has 0 spiro atoms. The Bertz CT molecular complexity index is 732. The van der Waals surface area contributed by atoms with Gasteiger partial charge in [0.2, 0.25) is 0 Å². The Morgan fingerprint density at radius 2 is 2.08 bits per heavy atom. The number of benzene rings is 1. The number of nitrogens with one attached hydrogen (secondary N) is 1. The van der Waals surface area contributed by atoms with Gasteiger partial charge < -0.3 is 14.4 Å². The molecule has 1 heterocycles. The molecule has 1 saturated heterocycles. The summed E-state index contributed by atoms with van der Waals surface area (Å²) in [6.45, 7) is 8.73. The summed E-state index contributed by atoms with van der Waals surface area (Å²) < 4.78 is 37.5. The molecular formula is C17H23FN2O4S. The van der Waals surface area contributed by atoms with Crippen LogP contribution in [-0.4, -0.2) is 31.9 Å². The number of amides is 2. The minimum atomic E-state index is -5.06. The third kappa shape index (κ3) is 5.19. The molecule has 25 heavy (non-hydrogen) atoms. The topological polar surface area (TPSA) is 75.7 Å². The molecule has 1 aromatic rings. The van der Waals surface area contributed by atoms with E-state index in [2.05, 4.69) is 29.9 Å². The molecule has 1 aromatic carbocycles. The number of nitrogens with zero attached hydrogens (tertiary/aromatic N) is 1. The first-order valence-corrected chi connectivity index (χ1v) is 9.36. The summed E-state index contributed by atoms with van der Waals surface area (Å²) in [7, 11) is -5.06. The first-order chi connectivity index (χ1) is 11.6. The smallest absolute Gasteiger partial charge is 0.358 e. The predicted octanol–water partition coefficient (Wildman–Crippen LogP) is 3.88. The summed E-state index contributed by atoms with van der Waals surface area (Å²) in [4.78, 5) is 14.5. The van der Waals surface area contributed by atoms with Gasteiger partial charge in [-0.1, -0.05) is 23.8 Å². The Morgan fingerprint density at radius 1 is 1.44 bits per heavy atom. The maximum atomic E-state index is 12.6. The van der Waals surface area contributed by atoms with Gasteiger partial charge in [-0.15, -0.1) is 6.58 Å². The lowest BCUT2D eigenvalue weighted by Gasteiger charge is -2.46. The van der Waals surface area contributed by atoms with Gasteiger partial charge in [-0.25, -0.2) is 4.79 Å². The van der Waals surface area contributed by atoms with Gasteiger partial charge in [0.15, 0.2) is 0 Å². The highest BCUT2D eigenvalue weighted by atomic mass is 32.3. The van der Waals surface area contributed by atoms with Crippen LogP contribution in [0.2, 0.25) is 0 Å². The Labute approximate surface area is 148 Å². The molecule has 1 unspecified atom stereocenters. The summed E-state index contributed by atoms with van der Waals surface area (Å²) in [6.07, 6.45) is 4.50. The summed E-state index contributed by atoms with van der Waals surface area (Å²) >= 11 is 0. The zero-order chi connectivity index (χ0) is 18.7. The highest BCUT2D eigenvalue weighted by Crippen LogP contribution is 2.37. The van der Waals surface area contributed by atoms with Gasteiger partial charge in [0.25, 0.3) is 0 Å². The molecule has 0 radical (unpaired) electrons. The third-order valence-corrected chi connectivity index (χ3v) is 4.84. The first-order valence-electron chi connectivity index (χ1n) is 8.05. The van der Waals surface area contributed by atoms with Crippen molar-refractivity contribution in [2.75, 3.05) is 11.9 Å². The van der Waals surface area contributed by atoms with Gasteiger partial charge in [-0.2, -0.15) is 8.42 Å². The highest BCUT2D eigenvalue weighted by Gasteiger charge is 2.38. The quantitative estimate of drug-likeness (QED) is 0.630. The fraction of sp³-hybridized carbons (Fsp3) is 0.471. The standard InChI is InChI=1S/C17H23FN2O4S/c1-4-6-15-17(2,3)11-5-12-20(15)16(21)19-13-7-9-14(10-8-13)24-25(18,22)23/h4,7-10,15H,1,5-6,11-12H2,2-3H3,(H,19,21). The van der Waals surface area contributed by atoms with Crippen molar-refractivity contribution in [3.05, 3.63) is 36.9 Å². The van der Waals surface area contributed by atoms with E-state index in [4.69, 9.17) is 0 Å². The van der Waals surface area contributed by atoms with E-state index in [0.717, 1.165) is 12.8 Å². The van der Waals surface area contributed by atoms with Gasteiger partial charge in [-0.05, 0) is 48.9 Å². The normalized spacial score (nSPS) is 20.0. The molecule has 0 aliphatic carbocycles. The second-order valence-corrected chi connectivity index (χ2v) is 7.71. The van der Waals surface area contributed by atoms with Gasteiger partial charge in [-0.3, -0.25) is 0 Å².